The lowest BCUT2D eigenvalue weighted by molar-refractivity contribution is -0.141. The highest BCUT2D eigenvalue weighted by atomic mass is 32.1. The number of rotatable bonds is 5. The van der Waals surface area contributed by atoms with Crippen molar-refractivity contribution in [1.82, 2.24) is 10.3 Å². The molecule has 0 atom stereocenters. The number of amides is 2. The molecule has 100 valence electrons. The van der Waals surface area contributed by atoms with Crippen LogP contribution < -0.4 is 10.6 Å². The van der Waals surface area contributed by atoms with Crippen LogP contribution in [0.4, 0.5) is 9.93 Å². The van der Waals surface area contributed by atoms with Crippen LogP contribution >= 0.6 is 11.3 Å². The SMILES string of the molecule is CCOC(=O)CNC(=O)Nc1nc(C(C)C)cs1. The molecule has 0 saturated carbocycles. The molecule has 0 fully saturated rings. The van der Waals surface area contributed by atoms with Gasteiger partial charge < -0.3 is 10.1 Å². The van der Waals surface area contributed by atoms with Crippen LogP contribution in [0.25, 0.3) is 0 Å². The zero-order valence-electron chi connectivity index (χ0n) is 10.6. The molecule has 0 aromatic carbocycles. The summed E-state index contributed by atoms with van der Waals surface area (Å²) in [6.07, 6.45) is 0. The first kappa shape index (κ1) is 14.4. The fraction of sp³-hybridized carbons (Fsp3) is 0.545. The number of nitrogens with zero attached hydrogens (tertiary/aromatic N) is 1. The lowest BCUT2D eigenvalue weighted by Gasteiger charge is -2.04. The standard InChI is InChI=1S/C11H17N3O3S/c1-4-17-9(15)5-12-10(16)14-11-13-8(6-18-11)7(2)3/h6-7H,4-5H2,1-3H3,(H2,12,13,14,16). The molecule has 2 N–H and O–H groups in total. The van der Waals surface area contributed by atoms with Crippen LogP contribution in [-0.4, -0.2) is 30.1 Å². The highest BCUT2D eigenvalue weighted by Gasteiger charge is 2.09. The Bertz CT molecular complexity index is 417. The van der Waals surface area contributed by atoms with Crippen LogP contribution in [0.3, 0.4) is 0 Å². The van der Waals surface area contributed by atoms with Gasteiger partial charge in [-0.2, -0.15) is 0 Å². The van der Waals surface area contributed by atoms with E-state index in [9.17, 15) is 9.59 Å². The normalized spacial score (nSPS) is 10.2. The molecule has 0 unspecified atom stereocenters. The quantitative estimate of drug-likeness (QED) is 0.802. The molecular formula is C11H17N3O3S. The number of urea groups is 1. The van der Waals surface area contributed by atoms with E-state index in [1.807, 2.05) is 19.2 Å². The zero-order valence-corrected chi connectivity index (χ0v) is 11.5. The van der Waals surface area contributed by atoms with E-state index in [4.69, 9.17) is 0 Å². The van der Waals surface area contributed by atoms with Gasteiger partial charge in [-0.15, -0.1) is 11.3 Å². The average molecular weight is 271 g/mol. The van der Waals surface area contributed by atoms with E-state index in [1.54, 1.807) is 6.92 Å². The monoisotopic (exact) mass is 271 g/mol. The van der Waals surface area contributed by atoms with Crippen LogP contribution in [0.5, 0.6) is 0 Å². The molecule has 0 saturated heterocycles. The number of carbonyl (C=O) groups is 2. The Morgan fingerprint density at radius 2 is 2.22 bits per heavy atom. The van der Waals surface area contributed by atoms with E-state index in [0.717, 1.165) is 5.69 Å². The Balaban J connectivity index is 2.37. The van der Waals surface area contributed by atoms with Gasteiger partial charge in [-0.05, 0) is 12.8 Å². The molecular weight excluding hydrogens is 254 g/mol. The molecule has 1 heterocycles. The minimum Gasteiger partial charge on any atom is -0.465 e. The Morgan fingerprint density at radius 1 is 1.50 bits per heavy atom. The van der Waals surface area contributed by atoms with Crippen LogP contribution in [0.15, 0.2) is 5.38 Å². The lowest BCUT2D eigenvalue weighted by atomic mass is 10.2. The van der Waals surface area contributed by atoms with E-state index in [1.165, 1.54) is 11.3 Å². The summed E-state index contributed by atoms with van der Waals surface area (Å²) in [6.45, 7) is 5.91. The van der Waals surface area contributed by atoms with Crippen molar-refractivity contribution in [3.05, 3.63) is 11.1 Å². The maximum atomic E-state index is 11.4. The number of carbonyl (C=O) groups excluding carboxylic acids is 2. The number of esters is 1. The highest BCUT2D eigenvalue weighted by Crippen LogP contribution is 2.21. The van der Waals surface area contributed by atoms with Crippen LogP contribution in [0, 0.1) is 0 Å². The Kier molecular flexibility index (Phi) is 5.57. The molecule has 2 amide bonds. The number of aromatic nitrogens is 1. The summed E-state index contributed by atoms with van der Waals surface area (Å²) in [6, 6.07) is -0.465. The van der Waals surface area contributed by atoms with Crippen molar-refractivity contribution in [3.63, 3.8) is 0 Å². The van der Waals surface area contributed by atoms with Gasteiger partial charge in [0, 0.05) is 5.38 Å². The number of nitrogens with one attached hydrogen (secondary N) is 2. The van der Waals surface area contributed by atoms with Gasteiger partial charge in [0.1, 0.15) is 6.54 Å². The fourth-order valence-corrected chi connectivity index (χ4v) is 1.98. The molecule has 1 aromatic rings. The summed E-state index contributed by atoms with van der Waals surface area (Å²) >= 11 is 1.35. The van der Waals surface area contributed by atoms with Crippen LogP contribution in [0.1, 0.15) is 32.4 Å². The average Bonchev–Trinajstić information content (AvgIpc) is 2.75. The third kappa shape index (κ3) is 4.70. The number of hydrogen-bond acceptors (Lipinski definition) is 5. The van der Waals surface area contributed by atoms with Gasteiger partial charge >= 0.3 is 12.0 Å². The molecule has 0 aliphatic heterocycles. The largest absolute Gasteiger partial charge is 0.465 e. The molecule has 18 heavy (non-hydrogen) atoms. The molecule has 6 nitrogen and oxygen atoms in total. The van der Waals surface area contributed by atoms with Gasteiger partial charge in [0.25, 0.3) is 0 Å². The van der Waals surface area contributed by atoms with Crippen molar-refractivity contribution >= 4 is 28.5 Å². The van der Waals surface area contributed by atoms with Crippen molar-refractivity contribution in [2.45, 2.75) is 26.7 Å². The van der Waals surface area contributed by atoms with Gasteiger partial charge in [0.15, 0.2) is 5.13 Å². The maximum Gasteiger partial charge on any atom is 0.325 e. The summed E-state index contributed by atoms with van der Waals surface area (Å²) in [4.78, 5) is 26.7. The minimum absolute atomic E-state index is 0.151. The second kappa shape index (κ2) is 6.95. The summed E-state index contributed by atoms with van der Waals surface area (Å²) in [7, 11) is 0. The van der Waals surface area contributed by atoms with Crippen molar-refractivity contribution in [2.24, 2.45) is 0 Å². The highest BCUT2D eigenvalue weighted by molar-refractivity contribution is 7.13. The first-order valence-corrected chi connectivity index (χ1v) is 6.56. The molecule has 0 spiro atoms. The predicted octanol–water partition coefficient (Wildman–Crippen LogP) is 1.95. The molecule has 1 aromatic heterocycles. The number of thiazole rings is 1. The second-order valence-electron chi connectivity index (χ2n) is 3.84. The molecule has 7 heteroatoms. The molecule has 0 bridgehead atoms. The number of ether oxygens (including phenoxy) is 1. The van der Waals surface area contributed by atoms with Crippen molar-refractivity contribution in [2.75, 3.05) is 18.5 Å². The van der Waals surface area contributed by atoms with Gasteiger partial charge in [-0.25, -0.2) is 9.78 Å². The molecule has 1 rings (SSSR count). The minimum atomic E-state index is -0.465. The predicted molar refractivity (Wildman–Crippen MR) is 69.9 cm³/mol. The van der Waals surface area contributed by atoms with E-state index in [-0.39, 0.29) is 6.54 Å². The van der Waals surface area contributed by atoms with Crippen molar-refractivity contribution in [1.29, 1.82) is 0 Å². The second-order valence-corrected chi connectivity index (χ2v) is 4.70. The smallest absolute Gasteiger partial charge is 0.325 e. The zero-order chi connectivity index (χ0) is 13.5. The molecule has 0 aliphatic rings. The number of anilines is 1. The van der Waals surface area contributed by atoms with E-state index >= 15 is 0 Å². The van der Waals surface area contributed by atoms with Crippen molar-refractivity contribution in [3.8, 4) is 0 Å². The van der Waals surface area contributed by atoms with Gasteiger partial charge in [0.05, 0.1) is 12.3 Å². The topological polar surface area (TPSA) is 80.3 Å². The Morgan fingerprint density at radius 3 is 2.78 bits per heavy atom. The molecule has 0 aliphatic carbocycles. The third-order valence-electron chi connectivity index (χ3n) is 2.03. The third-order valence-corrected chi connectivity index (χ3v) is 2.81. The fourth-order valence-electron chi connectivity index (χ4n) is 1.11. The Hall–Kier alpha value is -1.63. The van der Waals surface area contributed by atoms with Crippen LogP contribution in [0.2, 0.25) is 0 Å². The summed E-state index contributed by atoms with van der Waals surface area (Å²) in [5, 5.41) is 7.37. The number of hydrogen-bond donors (Lipinski definition) is 2. The first-order chi connectivity index (χ1) is 8.52. The summed E-state index contributed by atoms with van der Waals surface area (Å²) in [5.74, 6) is -0.144. The van der Waals surface area contributed by atoms with Crippen LogP contribution in [-0.2, 0) is 9.53 Å². The summed E-state index contributed by atoms with van der Waals surface area (Å²) < 4.78 is 4.68. The van der Waals surface area contributed by atoms with Gasteiger partial charge in [0.2, 0.25) is 0 Å². The van der Waals surface area contributed by atoms with E-state index in [2.05, 4.69) is 20.4 Å². The van der Waals surface area contributed by atoms with E-state index < -0.39 is 12.0 Å². The molecule has 0 radical (unpaired) electrons. The van der Waals surface area contributed by atoms with Crippen molar-refractivity contribution < 1.29 is 14.3 Å². The summed E-state index contributed by atoms with van der Waals surface area (Å²) in [5.41, 5.74) is 0.931. The Labute approximate surface area is 110 Å². The van der Waals surface area contributed by atoms with Gasteiger partial charge in [-0.1, -0.05) is 13.8 Å². The first-order valence-electron chi connectivity index (χ1n) is 5.68. The van der Waals surface area contributed by atoms with E-state index in [0.29, 0.717) is 17.7 Å². The van der Waals surface area contributed by atoms with Gasteiger partial charge in [-0.3, -0.25) is 10.1 Å². The lowest BCUT2D eigenvalue weighted by Crippen LogP contribution is -2.34. The maximum absolute atomic E-state index is 11.4.